The van der Waals surface area contributed by atoms with Gasteiger partial charge < -0.3 is 10.2 Å². The predicted octanol–water partition coefficient (Wildman–Crippen LogP) is 2.60. The van der Waals surface area contributed by atoms with Crippen LogP contribution in [0.15, 0.2) is 43.0 Å². The Labute approximate surface area is 104 Å². The summed E-state index contributed by atoms with van der Waals surface area (Å²) in [5, 5.41) is 3.64. The molecule has 1 aliphatic heterocycles. The van der Waals surface area contributed by atoms with Crippen LogP contribution in [-0.4, -0.2) is 31.1 Å². The molecule has 1 aromatic rings. The monoisotopic (exact) mass is 230 g/mol. The Morgan fingerprint density at radius 3 is 2.94 bits per heavy atom. The van der Waals surface area contributed by atoms with E-state index in [1.54, 1.807) is 0 Å². The minimum absolute atomic E-state index is 0.475. The zero-order chi connectivity index (χ0) is 11.9. The normalized spacial score (nSPS) is 22.0. The van der Waals surface area contributed by atoms with Gasteiger partial charge in [-0.05, 0) is 31.5 Å². The largest absolute Gasteiger partial charge is 0.309 e. The van der Waals surface area contributed by atoms with Crippen molar-refractivity contribution in [2.45, 2.75) is 18.9 Å². The zero-order valence-corrected chi connectivity index (χ0v) is 10.4. The molecule has 1 fully saturated rings. The second-order valence-corrected chi connectivity index (χ2v) is 4.65. The Kier molecular flexibility index (Phi) is 4.77. The molecule has 17 heavy (non-hydrogen) atoms. The van der Waals surface area contributed by atoms with Gasteiger partial charge in [-0.1, -0.05) is 36.4 Å². The van der Waals surface area contributed by atoms with Gasteiger partial charge in [-0.15, -0.1) is 6.58 Å². The molecule has 1 atom stereocenters. The number of hydrogen-bond acceptors (Lipinski definition) is 2. The number of hydrogen-bond donors (Lipinski definition) is 1. The quantitative estimate of drug-likeness (QED) is 0.800. The molecule has 1 heterocycles. The first kappa shape index (κ1) is 12.3. The van der Waals surface area contributed by atoms with Gasteiger partial charge in [0.05, 0.1) is 0 Å². The van der Waals surface area contributed by atoms with E-state index in [0.717, 1.165) is 26.1 Å². The first-order chi connectivity index (χ1) is 8.40. The fourth-order valence-corrected chi connectivity index (χ4v) is 2.38. The molecular formula is C15H22N2. The van der Waals surface area contributed by atoms with Gasteiger partial charge in [-0.3, -0.25) is 0 Å². The SMILES string of the molecule is C=CCCN1CCCNC(c2ccccc2)C1. The topological polar surface area (TPSA) is 15.3 Å². The van der Waals surface area contributed by atoms with Gasteiger partial charge in [-0.25, -0.2) is 0 Å². The maximum atomic E-state index is 3.80. The highest BCUT2D eigenvalue weighted by Crippen LogP contribution is 2.16. The Bertz CT molecular complexity index is 334. The van der Waals surface area contributed by atoms with Crippen molar-refractivity contribution in [3.8, 4) is 0 Å². The fraction of sp³-hybridized carbons (Fsp3) is 0.467. The standard InChI is InChI=1S/C15H22N2/c1-2-3-11-17-12-7-10-16-15(13-17)14-8-5-4-6-9-14/h2,4-6,8-9,15-16H,1,3,7,10-13H2. The van der Waals surface area contributed by atoms with Crippen LogP contribution in [0.2, 0.25) is 0 Å². The van der Waals surface area contributed by atoms with E-state index in [1.165, 1.54) is 18.5 Å². The Morgan fingerprint density at radius 1 is 1.35 bits per heavy atom. The average Bonchev–Trinajstić information content (AvgIpc) is 2.63. The summed E-state index contributed by atoms with van der Waals surface area (Å²) in [5.41, 5.74) is 1.40. The van der Waals surface area contributed by atoms with Crippen LogP contribution in [0.5, 0.6) is 0 Å². The molecule has 1 unspecified atom stereocenters. The number of benzene rings is 1. The molecule has 1 saturated heterocycles. The van der Waals surface area contributed by atoms with E-state index in [2.05, 4.69) is 47.1 Å². The summed E-state index contributed by atoms with van der Waals surface area (Å²) in [6, 6.07) is 11.2. The van der Waals surface area contributed by atoms with Crippen molar-refractivity contribution in [2.24, 2.45) is 0 Å². The van der Waals surface area contributed by atoms with Crippen LogP contribution in [0, 0.1) is 0 Å². The Balaban J connectivity index is 1.99. The van der Waals surface area contributed by atoms with Gasteiger partial charge in [0.25, 0.3) is 0 Å². The second-order valence-electron chi connectivity index (χ2n) is 4.65. The molecule has 0 aliphatic carbocycles. The van der Waals surface area contributed by atoms with Crippen LogP contribution in [0.4, 0.5) is 0 Å². The second kappa shape index (κ2) is 6.58. The summed E-state index contributed by atoms with van der Waals surface area (Å²) in [4.78, 5) is 2.54. The summed E-state index contributed by atoms with van der Waals surface area (Å²) in [6.45, 7) is 8.36. The van der Waals surface area contributed by atoms with E-state index in [4.69, 9.17) is 0 Å². The van der Waals surface area contributed by atoms with Crippen LogP contribution in [0.25, 0.3) is 0 Å². The molecule has 0 spiro atoms. The van der Waals surface area contributed by atoms with Gasteiger partial charge in [0.2, 0.25) is 0 Å². The predicted molar refractivity (Wildman–Crippen MR) is 73.1 cm³/mol. The van der Waals surface area contributed by atoms with Crippen molar-refractivity contribution < 1.29 is 0 Å². The van der Waals surface area contributed by atoms with Crippen molar-refractivity contribution in [3.63, 3.8) is 0 Å². The third-order valence-electron chi connectivity index (χ3n) is 3.33. The van der Waals surface area contributed by atoms with Crippen LogP contribution >= 0.6 is 0 Å². The highest BCUT2D eigenvalue weighted by atomic mass is 15.2. The number of rotatable bonds is 4. The first-order valence-electron chi connectivity index (χ1n) is 6.52. The number of nitrogens with zero attached hydrogens (tertiary/aromatic N) is 1. The highest BCUT2D eigenvalue weighted by molar-refractivity contribution is 5.19. The molecule has 92 valence electrons. The van der Waals surface area contributed by atoms with E-state index in [-0.39, 0.29) is 0 Å². The Hall–Kier alpha value is -1.12. The van der Waals surface area contributed by atoms with Crippen molar-refractivity contribution in [2.75, 3.05) is 26.2 Å². The minimum atomic E-state index is 0.475. The third-order valence-corrected chi connectivity index (χ3v) is 3.33. The average molecular weight is 230 g/mol. The summed E-state index contributed by atoms with van der Waals surface area (Å²) < 4.78 is 0. The van der Waals surface area contributed by atoms with Crippen LogP contribution in [0.1, 0.15) is 24.4 Å². The fourth-order valence-electron chi connectivity index (χ4n) is 2.38. The zero-order valence-electron chi connectivity index (χ0n) is 10.4. The summed E-state index contributed by atoms with van der Waals surface area (Å²) in [6.07, 6.45) is 4.33. The minimum Gasteiger partial charge on any atom is -0.309 e. The maximum Gasteiger partial charge on any atom is 0.0449 e. The summed E-state index contributed by atoms with van der Waals surface area (Å²) in [7, 11) is 0. The molecule has 0 amide bonds. The third kappa shape index (κ3) is 3.69. The van der Waals surface area contributed by atoms with Gasteiger partial charge in [0.15, 0.2) is 0 Å². The summed E-state index contributed by atoms with van der Waals surface area (Å²) >= 11 is 0. The first-order valence-corrected chi connectivity index (χ1v) is 6.52. The van der Waals surface area contributed by atoms with E-state index < -0.39 is 0 Å². The lowest BCUT2D eigenvalue weighted by Gasteiger charge is -2.24. The lowest BCUT2D eigenvalue weighted by atomic mass is 10.1. The maximum absolute atomic E-state index is 3.80. The highest BCUT2D eigenvalue weighted by Gasteiger charge is 2.17. The van der Waals surface area contributed by atoms with Crippen LogP contribution < -0.4 is 5.32 Å². The molecule has 0 bridgehead atoms. The van der Waals surface area contributed by atoms with Crippen LogP contribution in [-0.2, 0) is 0 Å². The Morgan fingerprint density at radius 2 is 2.18 bits per heavy atom. The smallest absolute Gasteiger partial charge is 0.0449 e. The molecule has 0 aromatic heterocycles. The van der Waals surface area contributed by atoms with Crippen molar-refractivity contribution >= 4 is 0 Å². The van der Waals surface area contributed by atoms with Gasteiger partial charge >= 0.3 is 0 Å². The number of nitrogens with one attached hydrogen (secondary N) is 1. The van der Waals surface area contributed by atoms with Crippen LogP contribution in [0.3, 0.4) is 0 Å². The molecule has 0 saturated carbocycles. The molecule has 2 rings (SSSR count). The van der Waals surface area contributed by atoms with E-state index in [0.29, 0.717) is 6.04 Å². The summed E-state index contributed by atoms with van der Waals surface area (Å²) in [5.74, 6) is 0. The molecule has 2 nitrogen and oxygen atoms in total. The lowest BCUT2D eigenvalue weighted by molar-refractivity contribution is 0.274. The molecule has 1 aliphatic rings. The van der Waals surface area contributed by atoms with E-state index >= 15 is 0 Å². The molecule has 0 radical (unpaired) electrons. The lowest BCUT2D eigenvalue weighted by Crippen LogP contribution is -2.31. The molecule has 1 N–H and O–H groups in total. The van der Waals surface area contributed by atoms with E-state index in [1.807, 2.05) is 6.08 Å². The van der Waals surface area contributed by atoms with Gasteiger partial charge in [0, 0.05) is 19.1 Å². The molecule has 1 aromatic carbocycles. The van der Waals surface area contributed by atoms with E-state index in [9.17, 15) is 0 Å². The molecule has 2 heteroatoms. The van der Waals surface area contributed by atoms with Gasteiger partial charge in [0.1, 0.15) is 0 Å². The molecular weight excluding hydrogens is 208 g/mol. The van der Waals surface area contributed by atoms with Crippen molar-refractivity contribution in [3.05, 3.63) is 48.6 Å². The van der Waals surface area contributed by atoms with Crippen molar-refractivity contribution in [1.29, 1.82) is 0 Å². The van der Waals surface area contributed by atoms with Gasteiger partial charge in [-0.2, -0.15) is 0 Å². The van der Waals surface area contributed by atoms with Crippen molar-refractivity contribution in [1.82, 2.24) is 10.2 Å².